The molecule has 0 nitrogen and oxygen atoms in total. The van der Waals surface area contributed by atoms with E-state index in [0.29, 0.717) is 0 Å². The summed E-state index contributed by atoms with van der Waals surface area (Å²) < 4.78 is 5.57. The van der Waals surface area contributed by atoms with Crippen LogP contribution in [0.4, 0.5) is 0 Å². The molecular formula is C23H16S2. The molecule has 2 aromatic heterocycles. The van der Waals surface area contributed by atoms with Crippen molar-refractivity contribution in [1.82, 2.24) is 0 Å². The lowest BCUT2D eigenvalue weighted by Crippen LogP contribution is -2.23. The molecule has 0 atom stereocenters. The molecule has 0 saturated heterocycles. The Morgan fingerprint density at radius 3 is 2.12 bits per heavy atom. The van der Waals surface area contributed by atoms with Crippen molar-refractivity contribution in [2.45, 2.75) is 6.92 Å². The zero-order valence-electron chi connectivity index (χ0n) is 13.9. The molecule has 0 aliphatic heterocycles. The molecule has 0 amide bonds. The summed E-state index contributed by atoms with van der Waals surface area (Å²) in [5, 5.41) is 7.90. The number of hydrogen-bond acceptors (Lipinski definition) is 2. The minimum atomic E-state index is 1.24. The zero-order chi connectivity index (χ0) is 17.0. The number of fused-ring (bicyclic) bond motifs is 6. The fourth-order valence-electron chi connectivity index (χ4n) is 3.54. The largest absolute Gasteiger partial charge is 0.134 e. The van der Waals surface area contributed by atoms with Gasteiger partial charge < -0.3 is 0 Å². The smallest absolute Gasteiger partial charge is 0.0542 e. The van der Waals surface area contributed by atoms with Crippen molar-refractivity contribution in [1.29, 1.82) is 0 Å². The average molecular weight is 357 g/mol. The van der Waals surface area contributed by atoms with Crippen LogP contribution in [0.3, 0.4) is 0 Å². The molecule has 25 heavy (non-hydrogen) atoms. The van der Waals surface area contributed by atoms with E-state index in [2.05, 4.69) is 74.2 Å². The van der Waals surface area contributed by atoms with Crippen LogP contribution >= 0.6 is 22.7 Å². The predicted molar refractivity (Wildman–Crippen MR) is 116 cm³/mol. The third kappa shape index (κ3) is 2.18. The van der Waals surface area contributed by atoms with Crippen LogP contribution in [0.1, 0.15) is 6.92 Å². The quantitative estimate of drug-likeness (QED) is 0.336. The van der Waals surface area contributed by atoms with Gasteiger partial charge in [-0.25, -0.2) is 0 Å². The predicted octanol–water partition coefficient (Wildman–Crippen LogP) is 6.19. The van der Waals surface area contributed by atoms with Crippen LogP contribution in [0.2, 0.25) is 0 Å². The Labute approximate surface area is 153 Å². The second-order valence-corrected chi connectivity index (χ2v) is 8.33. The van der Waals surface area contributed by atoms with Crippen LogP contribution in [0.25, 0.3) is 52.5 Å². The average Bonchev–Trinajstić information content (AvgIpc) is 3.15. The molecule has 0 saturated carbocycles. The van der Waals surface area contributed by atoms with Crippen LogP contribution in [-0.4, -0.2) is 0 Å². The molecule has 2 heteroatoms. The monoisotopic (exact) mass is 356 g/mol. The molecule has 0 N–H and O–H groups in total. The van der Waals surface area contributed by atoms with Crippen LogP contribution in [0, 0.1) is 0 Å². The van der Waals surface area contributed by atoms with Gasteiger partial charge in [0.25, 0.3) is 0 Å². The Balaban J connectivity index is 1.97. The Hall–Kier alpha value is -2.42. The summed E-state index contributed by atoms with van der Waals surface area (Å²) in [5.74, 6) is 0. The highest BCUT2D eigenvalue weighted by atomic mass is 32.1. The molecule has 0 fully saturated rings. The molecule has 0 unspecified atom stereocenters. The van der Waals surface area contributed by atoms with Gasteiger partial charge in [-0.15, -0.1) is 22.7 Å². The van der Waals surface area contributed by atoms with Gasteiger partial charge in [0.2, 0.25) is 0 Å². The van der Waals surface area contributed by atoms with Crippen LogP contribution in [-0.2, 0) is 0 Å². The van der Waals surface area contributed by atoms with Crippen molar-refractivity contribution >= 4 is 75.2 Å². The second kappa shape index (κ2) is 5.55. The van der Waals surface area contributed by atoms with Gasteiger partial charge in [0, 0.05) is 20.2 Å². The van der Waals surface area contributed by atoms with E-state index in [-0.39, 0.29) is 0 Å². The Kier molecular flexibility index (Phi) is 3.30. The maximum Gasteiger partial charge on any atom is 0.0542 e. The summed E-state index contributed by atoms with van der Waals surface area (Å²) in [6.45, 7) is 5.96. The molecule has 5 aromatic rings. The first-order valence-corrected chi connectivity index (χ1v) is 9.98. The first kappa shape index (κ1) is 14.9. The van der Waals surface area contributed by atoms with Crippen LogP contribution in [0.15, 0.2) is 61.2 Å². The summed E-state index contributed by atoms with van der Waals surface area (Å²) in [7, 11) is 0. The fourth-order valence-corrected chi connectivity index (χ4v) is 6.24. The van der Waals surface area contributed by atoms with Crippen molar-refractivity contribution < 1.29 is 0 Å². The summed E-state index contributed by atoms with van der Waals surface area (Å²) in [5.41, 5.74) is 0. The number of rotatable bonds is 1. The standard InChI is InChI=1S/C23H16S2/c1-3-7-15-10-18-20(12-14(15)4-2)24-23-19-11-16-8-5-6-9-17(16)13-21(19)25-22(18)23/h3-13H,1H2,2H3/b14-4-,15-7-. The Morgan fingerprint density at radius 2 is 1.44 bits per heavy atom. The lowest BCUT2D eigenvalue weighted by atomic mass is 10.1. The highest BCUT2D eigenvalue weighted by Crippen LogP contribution is 2.44. The number of hydrogen-bond donors (Lipinski definition) is 0. The molecular weight excluding hydrogens is 340 g/mol. The second-order valence-electron chi connectivity index (χ2n) is 6.23. The molecule has 0 spiro atoms. The normalized spacial score (nSPS) is 13.6. The van der Waals surface area contributed by atoms with E-state index in [1.165, 1.54) is 50.8 Å². The summed E-state index contributed by atoms with van der Waals surface area (Å²) >= 11 is 3.83. The maximum atomic E-state index is 3.86. The van der Waals surface area contributed by atoms with Crippen molar-refractivity contribution in [3.63, 3.8) is 0 Å². The van der Waals surface area contributed by atoms with Crippen LogP contribution in [0.5, 0.6) is 0 Å². The minimum Gasteiger partial charge on any atom is -0.134 e. The molecule has 0 aliphatic carbocycles. The van der Waals surface area contributed by atoms with Gasteiger partial charge in [-0.2, -0.15) is 0 Å². The third-order valence-electron chi connectivity index (χ3n) is 4.76. The van der Waals surface area contributed by atoms with E-state index in [4.69, 9.17) is 0 Å². The summed E-state index contributed by atoms with van der Waals surface area (Å²) in [6, 6.07) is 17.9. The number of thiophene rings is 2. The van der Waals surface area contributed by atoms with Crippen molar-refractivity contribution in [2.75, 3.05) is 0 Å². The van der Waals surface area contributed by atoms with Gasteiger partial charge in [-0.3, -0.25) is 0 Å². The first-order valence-electron chi connectivity index (χ1n) is 8.35. The number of benzene rings is 3. The molecule has 0 aliphatic rings. The highest BCUT2D eigenvalue weighted by Gasteiger charge is 2.13. The van der Waals surface area contributed by atoms with E-state index in [0.717, 1.165) is 0 Å². The van der Waals surface area contributed by atoms with Gasteiger partial charge in [0.15, 0.2) is 0 Å². The SMILES string of the molecule is C=C/C=c1/cc2c(c/c1=C/C)sc1c3cc4ccccc4cc3sc21. The molecule has 0 radical (unpaired) electrons. The lowest BCUT2D eigenvalue weighted by Gasteiger charge is -1.97. The van der Waals surface area contributed by atoms with Gasteiger partial charge in [0.1, 0.15) is 0 Å². The van der Waals surface area contributed by atoms with Crippen molar-refractivity contribution in [3.05, 3.63) is 71.6 Å². The zero-order valence-corrected chi connectivity index (χ0v) is 15.5. The number of allylic oxidation sites excluding steroid dienone is 1. The molecule has 5 rings (SSSR count). The summed E-state index contributed by atoms with van der Waals surface area (Å²) in [6.07, 6.45) is 6.14. The molecule has 3 aromatic carbocycles. The molecule has 0 bridgehead atoms. The highest BCUT2D eigenvalue weighted by molar-refractivity contribution is 7.36. The minimum absolute atomic E-state index is 1.24. The van der Waals surface area contributed by atoms with Gasteiger partial charge >= 0.3 is 0 Å². The first-order chi connectivity index (χ1) is 12.3. The van der Waals surface area contributed by atoms with E-state index in [1.54, 1.807) is 0 Å². The third-order valence-corrected chi connectivity index (χ3v) is 7.26. The Bertz CT molecular complexity index is 1410. The van der Waals surface area contributed by atoms with E-state index in [9.17, 15) is 0 Å². The summed E-state index contributed by atoms with van der Waals surface area (Å²) in [4.78, 5) is 0. The topological polar surface area (TPSA) is 0 Å². The fraction of sp³-hybridized carbons (Fsp3) is 0.0435. The molecule has 120 valence electrons. The van der Waals surface area contributed by atoms with Gasteiger partial charge in [-0.05, 0) is 52.4 Å². The van der Waals surface area contributed by atoms with E-state index in [1.807, 2.05) is 28.7 Å². The molecule has 2 heterocycles. The maximum absolute atomic E-state index is 3.86. The van der Waals surface area contributed by atoms with Crippen molar-refractivity contribution in [2.24, 2.45) is 0 Å². The Morgan fingerprint density at radius 1 is 0.800 bits per heavy atom. The van der Waals surface area contributed by atoms with Crippen LogP contribution < -0.4 is 10.4 Å². The van der Waals surface area contributed by atoms with E-state index >= 15 is 0 Å². The van der Waals surface area contributed by atoms with Gasteiger partial charge in [0.05, 0.1) is 9.40 Å². The van der Waals surface area contributed by atoms with E-state index < -0.39 is 0 Å². The van der Waals surface area contributed by atoms with Gasteiger partial charge in [-0.1, -0.05) is 49.1 Å². The van der Waals surface area contributed by atoms with Crippen molar-refractivity contribution in [3.8, 4) is 0 Å². The lowest BCUT2D eigenvalue weighted by molar-refractivity contribution is 1.57.